The second kappa shape index (κ2) is 6.30. The van der Waals surface area contributed by atoms with Crippen LogP contribution in [0.4, 0.5) is 5.95 Å². The Kier molecular flexibility index (Phi) is 4.02. The Hall–Kier alpha value is -1.91. The molecule has 2 aliphatic carbocycles. The first-order valence-electron chi connectivity index (χ1n) is 8.77. The second-order valence-electron chi connectivity index (χ2n) is 7.12. The highest BCUT2D eigenvalue weighted by Gasteiger charge is 2.36. The quantitative estimate of drug-likeness (QED) is 0.864. The molecule has 23 heavy (non-hydrogen) atoms. The smallest absolute Gasteiger partial charge is 0.225 e. The molecule has 1 amide bonds. The van der Waals surface area contributed by atoms with Gasteiger partial charge >= 0.3 is 0 Å². The summed E-state index contributed by atoms with van der Waals surface area (Å²) in [6.07, 6.45) is 12.7. The highest BCUT2D eigenvalue weighted by Crippen LogP contribution is 2.43. The molecule has 2 fully saturated rings. The Bertz CT molecular complexity index is 588. The highest BCUT2D eigenvalue weighted by molar-refractivity contribution is 5.79. The third-order valence-electron chi connectivity index (χ3n) is 5.58. The predicted octanol–water partition coefficient (Wildman–Crippen LogP) is 2.02. The van der Waals surface area contributed by atoms with Gasteiger partial charge in [0.05, 0.1) is 5.92 Å². The third-order valence-corrected chi connectivity index (χ3v) is 5.58. The van der Waals surface area contributed by atoms with Crippen LogP contribution in [0, 0.1) is 23.7 Å². The number of amides is 1. The van der Waals surface area contributed by atoms with Crippen LogP contribution in [0.15, 0.2) is 30.6 Å². The molecular weight excluding hydrogens is 288 g/mol. The largest absolute Gasteiger partial charge is 0.356 e. The fourth-order valence-electron chi connectivity index (χ4n) is 4.33. The van der Waals surface area contributed by atoms with Gasteiger partial charge in [0, 0.05) is 32.0 Å². The number of carbonyl (C=O) groups excluding carboxylic acids is 1. The lowest BCUT2D eigenvalue weighted by molar-refractivity contribution is -0.125. The summed E-state index contributed by atoms with van der Waals surface area (Å²) in [5.41, 5.74) is 0. The van der Waals surface area contributed by atoms with Crippen LogP contribution in [0.5, 0.6) is 0 Å². The first kappa shape index (κ1) is 14.7. The van der Waals surface area contributed by atoms with Crippen LogP contribution in [0.1, 0.15) is 25.7 Å². The number of fused-ring (bicyclic) bond motifs is 2. The van der Waals surface area contributed by atoms with Crippen LogP contribution in [-0.2, 0) is 4.79 Å². The topological polar surface area (TPSA) is 58.1 Å². The van der Waals surface area contributed by atoms with E-state index >= 15 is 0 Å². The van der Waals surface area contributed by atoms with Crippen molar-refractivity contribution < 1.29 is 4.79 Å². The van der Waals surface area contributed by atoms with Gasteiger partial charge in [-0.25, -0.2) is 9.97 Å². The molecule has 1 aromatic rings. The molecule has 1 aromatic heterocycles. The van der Waals surface area contributed by atoms with E-state index in [1.165, 1.54) is 12.8 Å². The number of allylic oxidation sites excluding steroid dienone is 2. The maximum absolute atomic E-state index is 12.5. The van der Waals surface area contributed by atoms with Crippen molar-refractivity contribution in [2.45, 2.75) is 25.7 Å². The Morgan fingerprint density at radius 1 is 1.26 bits per heavy atom. The van der Waals surface area contributed by atoms with Gasteiger partial charge in [0.1, 0.15) is 0 Å². The predicted molar refractivity (Wildman–Crippen MR) is 88.8 cm³/mol. The van der Waals surface area contributed by atoms with Gasteiger partial charge in [-0.1, -0.05) is 12.2 Å². The maximum atomic E-state index is 12.5. The summed E-state index contributed by atoms with van der Waals surface area (Å²) in [5.74, 6) is 3.11. The van der Waals surface area contributed by atoms with Gasteiger partial charge in [0.2, 0.25) is 11.9 Å². The SMILES string of the molecule is O=C(NC[C@@H]1C[C@H]2C=C[C@H]1C2)[C@H]1CCCN(c2ncccn2)C1. The molecule has 0 aromatic carbocycles. The first-order chi connectivity index (χ1) is 11.3. The van der Waals surface area contributed by atoms with Crippen LogP contribution in [0.2, 0.25) is 0 Å². The van der Waals surface area contributed by atoms with Crippen molar-refractivity contribution in [2.24, 2.45) is 23.7 Å². The van der Waals surface area contributed by atoms with Crippen molar-refractivity contribution in [3.05, 3.63) is 30.6 Å². The molecule has 0 spiro atoms. The molecule has 4 rings (SSSR count). The molecule has 0 radical (unpaired) electrons. The number of anilines is 1. The Morgan fingerprint density at radius 2 is 2.13 bits per heavy atom. The van der Waals surface area contributed by atoms with Crippen molar-refractivity contribution in [3.63, 3.8) is 0 Å². The lowest BCUT2D eigenvalue weighted by Crippen LogP contribution is -2.44. The molecule has 122 valence electrons. The minimum atomic E-state index is 0.0571. The standard InChI is InChI=1S/C18H24N4O/c23-17(21-11-16-10-13-4-5-14(16)9-13)15-3-1-8-22(12-15)18-19-6-2-7-20-18/h2,4-7,13-16H,1,3,8-12H2,(H,21,23)/t13-,14-,15-,16-/m0/s1. The Balaban J connectivity index is 1.30. The monoisotopic (exact) mass is 312 g/mol. The van der Waals surface area contributed by atoms with E-state index in [0.29, 0.717) is 11.8 Å². The lowest BCUT2D eigenvalue weighted by atomic mass is 9.92. The summed E-state index contributed by atoms with van der Waals surface area (Å²) < 4.78 is 0. The fourth-order valence-corrected chi connectivity index (χ4v) is 4.33. The summed E-state index contributed by atoms with van der Waals surface area (Å²) in [5, 5.41) is 3.21. The number of piperidine rings is 1. The number of carbonyl (C=O) groups is 1. The van der Waals surface area contributed by atoms with Gasteiger partial charge in [0.15, 0.2) is 0 Å². The Morgan fingerprint density at radius 3 is 2.87 bits per heavy atom. The minimum Gasteiger partial charge on any atom is -0.356 e. The zero-order valence-electron chi connectivity index (χ0n) is 13.4. The van der Waals surface area contributed by atoms with Crippen molar-refractivity contribution in [3.8, 4) is 0 Å². The summed E-state index contributed by atoms with van der Waals surface area (Å²) >= 11 is 0. The summed E-state index contributed by atoms with van der Waals surface area (Å²) in [6.45, 7) is 2.50. The van der Waals surface area contributed by atoms with Crippen molar-refractivity contribution in [1.82, 2.24) is 15.3 Å². The molecule has 1 N–H and O–H groups in total. The molecule has 2 heterocycles. The van der Waals surface area contributed by atoms with Crippen molar-refractivity contribution in [2.75, 3.05) is 24.5 Å². The average Bonchev–Trinajstić information content (AvgIpc) is 3.23. The molecule has 0 unspecified atom stereocenters. The number of hydrogen-bond donors (Lipinski definition) is 1. The summed E-state index contributed by atoms with van der Waals surface area (Å²) in [7, 11) is 0. The maximum Gasteiger partial charge on any atom is 0.225 e. The fraction of sp³-hybridized carbons (Fsp3) is 0.611. The summed E-state index contributed by atoms with van der Waals surface area (Å²) in [6, 6.07) is 1.82. The van der Waals surface area contributed by atoms with Gasteiger partial charge in [-0.2, -0.15) is 0 Å². The Labute approximate surface area is 137 Å². The zero-order chi connectivity index (χ0) is 15.6. The van der Waals surface area contributed by atoms with E-state index in [0.717, 1.165) is 44.3 Å². The number of rotatable bonds is 4. The van der Waals surface area contributed by atoms with E-state index in [1.807, 2.05) is 6.07 Å². The molecule has 2 bridgehead atoms. The third kappa shape index (κ3) is 3.09. The van der Waals surface area contributed by atoms with E-state index in [-0.39, 0.29) is 11.8 Å². The molecule has 5 heteroatoms. The number of hydrogen-bond acceptors (Lipinski definition) is 4. The van der Waals surface area contributed by atoms with E-state index in [4.69, 9.17) is 0 Å². The van der Waals surface area contributed by atoms with E-state index in [2.05, 4.69) is 32.3 Å². The van der Waals surface area contributed by atoms with Gasteiger partial charge in [-0.3, -0.25) is 4.79 Å². The van der Waals surface area contributed by atoms with Gasteiger partial charge < -0.3 is 10.2 Å². The van der Waals surface area contributed by atoms with Crippen LogP contribution in [0.3, 0.4) is 0 Å². The van der Waals surface area contributed by atoms with Gasteiger partial charge in [-0.05, 0) is 49.5 Å². The van der Waals surface area contributed by atoms with Crippen LogP contribution in [-0.4, -0.2) is 35.5 Å². The van der Waals surface area contributed by atoms with Crippen molar-refractivity contribution in [1.29, 1.82) is 0 Å². The highest BCUT2D eigenvalue weighted by atomic mass is 16.1. The van der Waals surface area contributed by atoms with Gasteiger partial charge in [0.25, 0.3) is 0 Å². The van der Waals surface area contributed by atoms with E-state index in [9.17, 15) is 4.79 Å². The molecule has 3 aliphatic rings. The molecule has 1 saturated heterocycles. The van der Waals surface area contributed by atoms with Crippen molar-refractivity contribution >= 4 is 11.9 Å². The number of nitrogens with one attached hydrogen (secondary N) is 1. The first-order valence-corrected chi connectivity index (χ1v) is 8.77. The molecule has 5 nitrogen and oxygen atoms in total. The molecule has 1 saturated carbocycles. The molecule has 1 aliphatic heterocycles. The lowest BCUT2D eigenvalue weighted by Gasteiger charge is -2.32. The van der Waals surface area contributed by atoms with Crippen LogP contribution in [0.25, 0.3) is 0 Å². The zero-order valence-corrected chi connectivity index (χ0v) is 13.4. The van der Waals surface area contributed by atoms with Gasteiger partial charge in [-0.15, -0.1) is 0 Å². The summed E-state index contributed by atoms with van der Waals surface area (Å²) in [4.78, 5) is 23.3. The molecular formula is C18H24N4O. The van der Waals surface area contributed by atoms with Crippen LogP contribution < -0.4 is 10.2 Å². The van der Waals surface area contributed by atoms with E-state index in [1.54, 1.807) is 12.4 Å². The second-order valence-corrected chi connectivity index (χ2v) is 7.12. The normalized spacial score (nSPS) is 32.3. The number of aromatic nitrogens is 2. The van der Waals surface area contributed by atoms with Crippen LogP contribution >= 0.6 is 0 Å². The molecule has 4 atom stereocenters. The number of nitrogens with zero attached hydrogens (tertiary/aromatic N) is 3. The van der Waals surface area contributed by atoms with E-state index < -0.39 is 0 Å². The average molecular weight is 312 g/mol. The minimum absolute atomic E-state index is 0.0571.